The molecule has 1 fully saturated rings. The first-order valence-electron chi connectivity index (χ1n) is 5.83. The molecule has 4 heteroatoms. The minimum absolute atomic E-state index is 0. The number of hydrogen-bond acceptors (Lipinski definition) is 2. The van der Waals surface area contributed by atoms with Crippen LogP contribution in [0.3, 0.4) is 0 Å². The molecule has 3 N–H and O–H groups in total. The zero-order valence-electron chi connectivity index (χ0n) is 9.76. The average Bonchev–Trinajstić information content (AvgIpc) is 3.11. The molecule has 1 aliphatic rings. The summed E-state index contributed by atoms with van der Waals surface area (Å²) in [4.78, 5) is 11.6. The van der Waals surface area contributed by atoms with Crippen LogP contribution < -0.4 is 11.1 Å². The van der Waals surface area contributed by atoms with Crippen molar-refractivity contribution >= 4 is 18.3 Å². The molecule has 1 aliphatic carbocycles. The van der Waals surface area contributed by atoms with Gasteiger partial charge in [0.15, 0.2) is 0 Å². The molecular weight excluding hydrogens is 236 g/mol. The van der Waals surface area contributed by atoms with E-state index in [0.29, 0.717) is 12.3 Å². The lowest BCUT2D eigenvalue weighted by Gasteiger charge is -2.11. The van der Waals surface area contributed by atoms with Gasteiger partial charge >= 0.3 is 0 Å². The van der Waals surface area contributed by atoms with Gasteiger partial charge in [0.1, 0.15) is 0 Å². The first-order valence-corrected chi connectivity index (χ1v) is 5.83. The van der Waals surface area contributed by atoms with Crippen molar-refractivity contribution < 1.29 is 4.79 Å². The van der Waals surface area contributed by atoms with Gasteiger partial charge in [-0.25, -0.2) is 0 Å². The average molecular weight is 255 g/mol. The molecule has 17 heavy (non-hydrogen) atoms. The molecule has 1 saturated carbocycles. The quantitative estimate of drug-likeness (QED) is 0.837. The molecule has 1 amide bonds. The lowest BCUT2D eigenvalue weighted by atomic mass is 10.1. The number of rotatable bonds is 5. The van der Waals surface area contributed by atoms with Crippen molar-refractivity contribution in [3.05, 3.63) is 35.9 Å². The predicted molar refractivity (Wildman–Crippen MR) is 71.1 cm³/mol. The topological polar surface area (TPSA) is 55.1 Å². The molecule has 0 aromatic heterocycles. The molecule has 0 spiro atoms. The van der Waals surface area contributed by atoms with Gasteiger partial charge in [-0.1, -0.05) is 30.3 Å². The lowest BCUT2D eigenvalue weighted by molar-refractivity contribution is -0.122. The second kappa shape index (κ2) is 6.62. The van der Waals surface area contributed by atoms with E-state index in [1.165, 1.54) is 12.8 Å². The van der Waals surface area contributed by atoms with Crippen molar-refractivity contribution in [2.45, 2.75) is 25.3 Å². The molecule has 1 atom stereocenters. The Hall–Kier alpha value is -1.06. The van der Waals surface area contributed by atoms with Crippen molar-refractivity contribution in [2.75, 3.05) is 6.54 Å². The van der Waals surface area contributed by atoms with Crippen LogP contribution in [0.2, 0.25) is 0 Å². The summed E-state index contributed by atoms with van der Waals surface area (Å²) in [6.45, 7) is 0.793. The van der Waals surface area contributed by atoms with E-state index in [1.54, 1.807) is 0 Å². The van der Waals surface area contributed by atoms with Crippen LogP contribution in [-0.2, 0) is 11.2 Å². The molecule has 0 bridgehead atoms. The number of amides is 1. The lowest BCUT2D eigenvalue weighted by Crippen LogP contribution is -2.42. The van der Waals surface area contributed by atoms with E-state index in [2.05, 4.69) is 5.32 Å². The van der Waals surface area contributed by atoms with Crippen molar-refractivity contribution in [3.63, 3.8) is 0 Å². The van der Waals surface area contributed by atoms with E-state index >= 15 is 0 Å². The molecule has 0 saturated heterocycles. The van der Waals surface area contributed by atoms with Gasteiger partial charge < -0.3 is 11.1 Å². The summed E-state index contributed by atoms with van der Waals surface area (Å²) in [7, 11) is 0. The number of carbonyl (C=O) groups is 1. The molecule has 1 aromatic rings. The summed E-state index contributed by atoms with van der Waals surface area (Å²) < 4.78 is 0. The maximum atomic E-state index is 11.6. The second-order valence-corrected chi connectivity index (χ2v) is 4.48. The molecule has 0 heterocycles. The Bertz CT molecular complexity index is 352. The summed E-state index contributed by atoms with van der Waals surface area (Å²) in [5.41, 5.74) is 6.95. The van der Waals surface area contributed by atoms with Crippen molar-refractivity contribution in [3.8, 4) is 0 Å². The molecule has 1 aromatic carbocycles. The number of carbonyl (C=O) groups excluding carboxylic acids is 1. The highest BCUT2D eigenvalue weighted by Crippen LogP contribution is 2.27. The van der Waals surface area contributed by atoms with E-state index in [1.807, 2.05) is 30.3 Å². The third kappa shape index (κ3) is 4.75. The van der Waals surface area contributed by atoms with Crippen LogP contribution in [0, 0.1) is 5.92 Å². The van der Waals surface area contributed by atoms with E-state index in [9.17, 15) is 4.79 Å². The highest BCUT2D eigenvalue weighted by Gasteiger charge is 2.23. The van der Waals surface area contributed by atoms with Crippen LogP contribution in [0.25, 0.3) is 0 Å². The normalized spacial score (nSPS) is 15.8. The van der Waals surface area contributed by atoms with Gasteiger partial charge in [0.25, 0.3) is 0 Å². The summed E-state index contributed by atoms with van der Waals surface area (Å²) in [5.74, 6) is 0.670. The van der Waals surface area contributed by atoms with Gasteiger partial charge in [-0.05, 0) is 30.7 Å². The Balaban J connectivity index is 0.00000144. The minimum Gasteiger partial charge on any atom is -0.354 e. The van der Waals surface area contributed by atoms with Crippen LogP contribution in [0.15, 0.2) is 30.3 Å². The van der Waals surface area contributed by atoms with E-state index in [4.69, 9.17) is 5.73 Å². The first kappa shape index (κ1) is 14.0. The Morgan fingerprint density at radius 2 is 2.00 bits per heavy atom. The maximum Gasteiger partial charge on any atom is 0.237 e. The summed E-state index contributed by atoms with van der Waals surface area (Å²) >= 11 is 0. The van der Waals surface area contributed by atoms with Crippen molar-refractivity contribution in [1.29, 1.82) is 0 Å². The first-order chi connectivity index (χ1) is 7.75. The van der Waals surface area contributed by atoms with Crippen LogP contribution in [0.1, 0.15) is 18.4 Å². The Kier molecular flexibility index (Phi) is 5.45. The van der Waals surface area contributed by atoms with Crippen LogP contribution in [0.5, 0.6) is 0 Å². The molecule has 0 aliphatic heterocycles. The Morgan fingerprint density at radius 3 is 2.59 bits per heavy atom. The molecule has 3 nitrogen and oxygen atoms in total. The van der Waals surface area contributed by atoms with Gasteiger partial charge in [0.05, 0.1) is 6.04 Å². The zero-order valence-corrected chi connectivity index (χ0v) is 10.6. The largest absolute Gasteiger partial charge is 0.354 e. The maximum absolute atomic E-state index is 11.6. The smallest absolute Gasteiger partial charge is 0.237 e. The highest BCUT2D eigenvalue weighted by molar-refractivity contribution is 5.85. The monoisotopic (exact) mass is 254 g/mol. The van der Waals surface area contributed by atoms with E-state index < -0.39 is 6.04 Å². The number of hydrogen-bond donors (Lipinski definition) is 2. The fraction of sp³-hybridized carbons (Fsp3) is 0.462. The number of halogens is 1. The summed E-state index contributed by atoms with van der Waals surface area (Å²) in [6, 6.07) is 9.44. The van der Waals surface area contributed by atoms with E-state index in [-0.39, 0.29) is 18.3 Å². The number of nitrogens with one attached hydrogen (secondary N) is 1. The molecule has 0 radical (unpaired) electrons. The zero-order chi connectivity index (χ0) is 11.4. The van der Waals surface area contributed by atoms with Crippen molar-refractivity contribution in [1.82, 2.24) is 5.32 Å². The highest BCUT2D eigenvalue weighted by atomic mass is 35.5. The van der Waals surface area contributed by atoms with Gasteiger partial charge in [-0.15, -0.1) is 12.4 Å². The van der Waals surface area contributed by atoms with Gasteiger partial charge in [0, 0.05) is 6.54 Å². The van der Waals surface area contributed by atoms with Crippen LogP contribution >= 0.6 is 12.4 Å². The van der Waals surface area contributed by atoms with E-state index in [0.717, 1.165) is 12.1 Å². The predicted octanol–water partition coefficient (Wildman–Crippen LogP) is 1.50. The number of benzene rings is 1. The third-order valence-corrected chi connectivity index (χ3v) is 2.90. The molecule has 1 unspecified atom stereocenters. The minimum atomic E-state index is -0.429. The van der Waals surface area contributed by atoms with Crippen molar-refractivity contribution in [2.24, 2.45) is 11.7 Å². The fourth-order valence-electron chi connectivity index (χ4n) is 1.66. The summed E-state index contributed by atoms with van der Waals surface area (Å²) in [5, 5.41) is 2.90. The Labute approximate surface area is 108 Å². The summed E-state index contributed by atoms with van der Waals surface area (Å²) in [6.07, 6.45) is 3.10. The molecule has 94 valence electrons. The fourth-order valence-corrected chi connectivity index (χ4v) is 1.66. The third-order valence-electron chi connectivity index (χ3n) is 2.90. The van der Waals surface area contributed by atoms with Gasteiger partial charge in [-0.2, -0.15) is 0 Å². The van der Waals surface area contributed by atoms with Gasteiger partial charge in [0.2, 0.25) is 5.91 Å². The second-order valence-electron chi connectivity index (χ2n) is 4.48. The van der Waals surface area contributed by atoms with Gasteiger partial charge in [-0.3, -0.25) is 4.79 Å². The SMILES string of the molecule is Cl.NC(Cc1ccccc1)C(=O)NCC1CC1. The number of nitrogens with two attached hydrogens (primary N) is 1. The standard InChI is InChI=1S/C13H18N2O.ClH/c14-12(8-10-4-2-1-3-5-10)13(16)15-9-11-6-7-11;/h1-5,11-12H,6-9,14H2,(H,15,16);1H. The molecular formula is C13H19ClN2O. The molecule has 2 rings (SSSR count). The van der Waals surface area contributed by atoms with Crippen LogP contribution in [-0.4, -0.2) is 18.5 Å². The Morgan fingerprint density at radius 1 is 1.35 bits per heavy atom. The van der Waals surface area contributed by atoms with Crippen LogP contribution in [0.4, 0.5) is 0 Å².